The molecule has 69 heavy (non-hydrogen) atoms. The molecule has 0 saturated carbocycles. The standard InChI is InChI=1S/C64H123NO4/c1-3-5-7-9-11-13-15-17-19-21-22-23-24-25-26-27-28-29-30-31-32-33-34-35-36-37-38-39-40-41-43-45-47-49-51-53-55-57-59-63(68)64(69)65-61(60-66)62(67)58-56-54-52-50-48-46-44-42-20-18-16-14-12-10-8-6-4-2/h31-32,48,50,56,58,61-63,66-68H,3-30,33-47,49,51-55,57,59-60H2,1-2H3,(H,65,69)/b32-31-,50-48+,58-56+. The van der Waals surface area contributed by atoms with E-state index in [1.165, 1.54) is 283 Å². The number of nitrogens with one attached hydrogen (secondary N) is 1. The molecule has 0 aliphatic heterocycles. The number of aliphatic hydroxyl groups excluding tert-OH is 3. The molecule has 3 unspecified atom stereocenters. The number of amides is 1. The molecule has 0 aromatic heterocycles. The van der Waals surface area contributed by atoms with Crippen LogP contribution in [0.1, 0.15) is 341 Å². The number of carbonyl (C=O) groups excluding carboxylic acids is 1. The summed E-state index contributed by atoms with van der Waals surface area (Å²) in [6.45, 7) is 4.20. The second-order valence-electron chi connectivity index (χ2n) is 21.6. The van der Waals surface area contributed by atoms with Crippen molar-refractivity contribution >= 4 is 5.91 Å². The van der Waals surface area contributed by atoms with Gasteiger partial charge in [-0.1, -0.05) is 320 Å². The van der Waals surface area contributed by atoms with Crippen molar-refractivity contribution in [3.05, 3.63) is 36.5 Å². The zero-order valence-electron chi connectivity index (χ0n) is 46.7. The van der Waals surface area contributed by atoms with Gasteiger partial charge in [0.05, 0.1) is 18.8 Å². The molecule has 0 bridgehead atoms. The number of hydrogen-bond donors (Lipinski definition) is 4. The van der Waals surface area contributed by atoms with Gasteiger partial charge in [-0.3, -0.25) is 4.79 Å². The first-order chi connectivity index (χ1) is 34.1. The summed E-state index contributed by atoms with van der Waals surface area (Å²) in [6.07, 6.45) is 78.4. The van der Waals surface area contributed by atoms with Crippen molar-refractivity contribution in [2.75, 3.05) is 6.61 Å². The second-order valence-corrected chi connectivity index (χ2v) is 21.6. The lowest BCUT2D eigenvalue weighted by atomic mass is 10.0. The van der Waals surface area contributed by atoms with Crippen LogP contribution >= 0.6 is 0 Å². The normalized spacial score (nSPS) is 13.4. The van der Waals surface area contributed by atoms with E-state index in [1.807, 2.05) is 6.08 Å². The van der Waals surface area contributed by atoms with Crippen molar-refractivity contribution in [2.45, 2.75) is 360 Å². The molecule has 0 radical (unpaired) electrons. The Morgan fingerprint density at radius 3 is 0.884 bits per heavy atom. The van der Waals surface area contributed by atoms with Crippen LogP contribution in [-0.2, 0) is 4.79 Å². The summed E-state index contributed by atoms with van der Waals surface area (Å²) < 4.78 is 0. The van der Waals surface area contributed by atoms with E-state index < -0.39 is 24.2 Å². The lowest BCUT2D eigenvalue weighted by Crippen LogP contribution is -2.48. The molecule has 0 spiro atoms. The van der Waals surface area contributed by atoms with Crippen LogP contribution in [0.4, 0.5) is 0 Å². The number of carbonyl (C=O) groups is 1. The largest absolute Gasteiger partial charge is 0.394 e. The minimum absolute atomic E-state index is 0.374. The van der Waals surface area contributed by atoms with E-state index in [4.69, 9.17) is 0 Å². The highest BCUT2D eigenvalue weighted by Crippen LogP contribution is 2.18. The van der Waals surface area contributed by atoms with Crippen molar-refractivity contribution in [3.8, 4) is 0 Å². The molecule has 0 fully saturated rings. The summed E-state index contributed by atoms with van der Waals surface area (Å²) in [5, 5.41) is 33.3. The first-order valence-electron chi connectivity index (χ1n) is 31.3. The molecular weight excluding hydrogens is 847 g/mol. The van der Waals surface area contributed by atoms with E-state index in [2.05, 4.69) is 43.5 Å². The smallest absolute Gasteiger partial charge is 0.249 e. The van der Waals surface area contributed by atoms with Crippen LogP contribution in [0.2, 0.25) is 0 Å². The third kappa shape index (κ3) is 54.2. The Kier molecular flexibility index (Phi) is 57.9. The molecule has 0 aliphatic rings. The molecule has 0 saturated heterocycles. The highest BCUT2D eigenvalue weighted by atomic mass is 16.3. The minimum Gasteiger partial charge on any atom is -0.394 e. The van der Waals surface area contributed by atoms with E-state index in [0.717, 1.165) is 38.5 Å². The van der Waals surface area contributed by atoms with Gasteiger partial charge in [0.25, 0.3) is 0 Å². The van der Waals surface area contributed by atoms with Gasteiger partial charge in [0.1, 0.15) is 6.10 Å². The third-order valence-electron chi connectivity index (χ3n) is 14.7. The molecule has 4 N–H and O–H groups in total. The first kappa shape index (κ1) is 67.6. The van der Waals surface area contributed by atoms with Crippen LogP contribution in [0.15, 0.2) is 36.5 Å². The van der Waals surface area contributed by atoms with Gasteiger partial charge in [-0.15, -0.1) is 0 Å². The molecule has 3 atom stereocenters. The fourth-order valence-electron chi connectivity index (χ4n) is 9.85. The Bertz CT molecular complexity index is 1070. The summed E-state index contributed by atoms with van der Waals surface area (Å²) in [5.41, 5.74) is 0. The average Bonchev–Trinajstić information content (AvgIpc) is 3.35. The lowest BCUT2D eigenvalue weighted by Gasteiger charge is -2.21. The Hall–Kier alpha value is -1.43. The topological polar surface area (TPSA) is 89.8 Å². The van der Waals surface area contributed by atoms with E-state index in [1.54, 1.807) is 6.08 Å². The fourth-order valence-corrected chi connectivity index (χ4v) is 9.85. The van der Waals surface area contributed by atoms with Gasteiger partial charge >= 0.3 is 0 Å². The zero-order chi connectivity index (χ0) is 50.0. The number of allylic oxidation sites excluding steroid dienone is 5. The van der Waals surface area contributed by atoms with Crippen molar-refractivity contribution < 1.29 is 20.1 Å². The number of rotatable bonds is 58. The van der Waals surface area contributed by atoms with Gasteiger partial charge in [0.15, 0.2) is 0 Å². The Labute approximate surface area is 432 Å². The van der Waals surface area contributed by atoms with Crippen LogP contribution in [0.25, 0.3) is 0 Å². The zero-order valence-corrected chi connectivity index (χ0v) is 46.7. The molecule has 0 rings (SSSR count). The average molecular weight is 971 g/mol. The number of unbranched alkanes of at least 4 members (excludes halogenated alkanes) is 46. The summed E-state index contributed by atoms with van der Waals surface area (Å²) in [4.78, 5) is 12.6. The summed E-state index contributed by atoms with van der Waals surface area (Å²) >= 11 is 0. The SMILES string of the molecule is CCCCCCCCCCCCC/C=C/CC/C=C/C(O)C(CO)NC(=O)C(O)CCCCCCCCCCCCCCCCCC/C=C\CCCCCCCCCCCCCCCCCCCC. The maximum Gasteiger partial charge on any atom is 0.249 e. The fraction of sp³-hybridized carbons (Fsp3) is 0.891. The van der Waals surface area contributed by atoms with E-state index in [9.17, 15) is 20.1 Å². The van der Waals surface area contributed by atoms with E-state index >= 15 is 0 Å². The second kappa shape index (κ2) is 59.1. The lowest BCUT2D eigenvalue weighted by molar-refractivity contribution is -0.131. The number of hydrogen-bond acceptors (Lipinski definition) is 4. The maximum atomic E-state index is 12.6. The Balaban J connectivity index is 3.48. The summed E-state index contributed by atoms with van der Waals surface area (Å²) in [5.74, 6) is -0.508. The van der Waals surface area contributed by atoms with Crippen molar-refractivity contribution in [1.29, 1.82) is 0 Å². The van der Waals surface area contributed by atoms with Gasteiger partial charge in [0.2, 0.25) is 5.91 Å². The first-order valence-corrected chi connectivity index (χ1v) is 31.3. The van der Waals surface area contributed by atoms with Crippen LogP contribution in [0, 0.1) is 0 Å². The van der Waals surface area contributed by atoms with E-state index in [0.29, 0.717) is 6.42 Å². The van der Waals surface area contributed by atoms with Crippen LogP contribution in [-0.4, -0.2) is 46.1 Å². The minimum atomic E-state index is -1.11. The quantitative estimate of drug-likeness (QED) is 0.0361. The third-order valence-corrected chi connectivity index (χ3v) is 14.7. The van der Waals surface area contributed by atoms with Gasteiger partial charge in [-0.05, 0) is 57.8 Å². The van der Waals surface area contributed by atoms with Crippen LogP contribution in [0.3, 0.4) is 0 Å². The molecule has 1 amide bonds. The van der Waals surface area contributed by atoms with Gasteiger partial charge in [-0.25, -0.2) is 0 Å². The monoisotopic (exact) mass is 970 g/mol. The summed E-state index contributed by atoms with van der Waals surface area (Å²) in [6, 6.07) is -0.814. The molecule has 0 aromatic rings. The molecule has 5 heteroatoms. The van der Waals surface area contributed by atoms with Gasteiger partial charge in [-0.2, -0.15) is 0 Å². The van der Waals surface area contributed by atoms with Crippen LogP contribution < -0.4 is 5.32 Å². The molecular formula is C64H123NO4. The van der Waals surface area contributed by atoms with Gasteiger partial charge in [0, 0.05) is 0 Å². The summed E-state index contributed by atoms with van der Waals surface area (Å²) in [7, 11) is 0. The molecule has 5 nitrogen and oxygen atoms in total. The highest BCUT2D eigenvalue weighted by molar-refractivity contribution is 5.80. The van der Waals surface area contributed by atoms with Crippen molar-refractivity contribution in [1.82, 2.24) is 5.32 Å². The predicted octanol–water partition coefficient (Wildman–Crippen LogP) is 19.8. The molecule has 0 aromatic carbocycles. The molecule has 0 heterocycles. The van der Waals surface area contributed by atoms with Crippen molar-refractivity contribution in [2.24, 2.45) is 0 Å². The highest BCUT2D eigenvalue weighted by Gasteiger charge is 2.22. The van der Waals surface area contributed by atoms with Crippen molar-refractivity contribution in [3.63, 3.8) is 0 Å². The van der Waals surface area contributed by atoms with Gasteiger partial charge < -0.3 is 20.6 Å². The Morgan fingerprint density at radius 2 is 0.594 bits per heavy atom. The predicted molar refractivity (Wildman–Crippen MR) is 305 cm³/mol. The number of aliphatic hydroxyl groups is 3. The van der Waals surface area contributed by atoms with E-state index in [-0.39, 0.29) is 6.61 Å². The molecule has 408 valence electrons. The Morgan fingerprint density at radius 1 is 0.348 bits per heavy atom. The molecule has 0 aliphatic carbocycles. The maximum absolute atomic E-state index is 12.6. The van der Waals surface area contributed by atoms with Crippen LogP contribution in [0.5, 0.6) is 0 Å².